The van der Waals surface area contributed by atoms with Crippen LogP contribution >= 0.6 is 11.8 Å². The van der Waals surface area contributed by atoms with Gasteiger partial charge in [0.05, 0.1) is 0 Å². The second-order valence-electron chi connectivity index (χ2n) is 3.69. The van der Waals surface area contributed by atoms with Gasteiger partial charge >= 0.3 is 0 Å². The van der Waals surface area contributed by atoms with Crippen molar-refractivity contribution < 1.29 is 5.11 Å². The molecule has 3 heteroatoms. The monoisotopic (exact) mass is 203 g/mol. The lowest BCUT2D eigenvalue weighted by atomic mass is 10.1. The first-order valence-electron chi connectivity index (χ1n) is 5.27. The van der Waals surface area contributed by atoms with Crippen LogP contribution in [0.15, 0.2) is 0 Å². The van der Waals surface area contributed by atoms with Crippen molar-refractivity contribution in [1.29, 1.82) is 0 Å². The summed E-state index contributed by atoms with van der Waals surface area (Å²) in [5.41, 5.74) is 0. The molecule has 78 valence electrons. The van der Waals surface area contributed by atoms with Crippen molar-refractivity contribution in [3.63, 3.8) is 0 Å². The quantitative estimate of drug-likeness (QED) is 0.661. The van der Waals surface area contributed by atoms with Crippen molar-refractivity contribution in [2.75, 3.05) is 37.7 Å². The average Bonchev–Trinajstić information content (AvgIpc) is 2.60. The second kappa shape index (κ2) is 6.68. The summed E-state index contributed by atoms with van der Waals surface area (Å²) in [6, 6.07) is 0. The minimum Gasteiger partial charge on any atom is -0.396 e. The fourth-order valence-corrected chi connectivity index (χ4v) is 2.42. The summed E-state index contributed by atoms with van der Waals surface area (Å²) in [5.74, 6) is 3.08. The van der Waals surface area contributed by atoms with Gasteiger partial charge in [-0.1, -0.05) is 6.92 Å². The molecular weight excluding hydrogens is 182 g/mol. The molecule has 0 aromatic carbocycles. The Morgan fingerprint density at radius 1 is 1.54 bits per heavy atom. The molecule has 1 unspecified atom stereocenters. The van der Waals surface area contributed by atoms with Gasteiger partial charge in [-0.05, 0) is 43.4 Å². The highest BCUT2D eigenvalue weighted by atomic mass is 32.2. The van der Waals surface area contributed by atoms with E-state index >= 15 is 0 Å². The average molecular weight is 203 g/mol. The van der Waals surface area contributed by atoms with Crippen LogP contribution in [0.1, 0.15) is 19.8 Å². The molecule has 0 spiro atoms. The molecule has 0 radical (unpaired) electrons. The standard InChI is InChI=1S/C10H21NOS/c1-2-13-7-3-5-11-6-4-10(8-11)9-12/h10,12H,2-9H2,1H3. The van der Waals surface area contributed by atoms with E-state index in [1.54, 1.807) is 0 Å². The first kappa shape index (κ1) is 11.3. The zero-order valence-corrected chi connectivity index (χ0v) is 9.35. The van der Waals surface area contributed by atoms with Gasteiger partial charge in [0.15, 0.2) is 0 Å². The molecule has 1 aliphatic rings. The summed E-state index contributed by atoms with van der Waals surface area (Å²) >= 11 is 2.02. The van der Waals surface area contributed by atoms with Gasteiger partial charge in [0.25, 0.3) is 0 Å². The van der Waals surface area contributed by atoms with Crippen LogP contribution in [0, 0.1) is 5.92 Å². The highest BCUT2D eigenvalue weighted by Crippen LogP contribution is 2.15. The third kappa shape index (κ3) is 4.34. The number of rotatable bonds is 6. The third-order valence-corrected chi connectivity index (χ3v) is 3.58. The molecule has 1 heterocycles. The summed E-state index contributed by atoms with van der Waals surface area (Å²) in [6.45, 7) is 6.13. The molecule has 0 aromatic heterocycles. The highest BCUT2D eigenvalue weighted by molar-refractivity contribution is 7.99. The number of aliphatic hydroxyl groups is 1. The second-order valence-corrected chi connectivity index (χ2v) is 5.08. The van der Waals surface area contributed by atoms with Gasteiger partial charge in [-0.3, -0.25) is 0 Å². The maximum atomic E-state index is 8.96. The SMILES string of the molecule is CCSCCCN1CCC(CO)C1. The summed E-state index contributed by atoms with van der Waals surface area (Å²) < 4.78 is 0. The molecule has 0 bridgehead atoms. The minimum absolute atomic E-state index is 0.375. The van der Waals surface area contributed by atoms with E-state index in [9.17, 15) is 0 Å². The van der Waals surface area contributed by atoms with E-state index in [0.717, 1.165) is 6.54 Å². The Morgan fingerprint density at radius 3 is 3.00 bits per heavy atom. The molecule has 1 aliphatic heterocycles. The van der Waals surface area contributed by atoms with Crippen LogP contribution in [0.25, 0.3) is 0 Å². The van der Waals surface area contributed by atoms with E-state index in [1.165, 1.54) is 37.4 Å². The van der Waals surface area contributed by atoms with E-state index < -0.39 is 0 Å². The molecule has 1 rings (SSSR count). The normalized spacial score (nSPS) is 24.0. The Hall–Kier alpha value is 0.270. The van der Waals surface area contributed by atoms with Crippen molar-refractivity contribution in [2.24, 2.45) is 5.92 Å². The molecule has 1 atom stereocenters. The zero-order chi connectivity index (χ0) is 9.52. The fraction of sp³-hybridized carbons (Fsp3) is 1.00. The molecule has 1 fully saturated rings. The predicted octanol–water partition coefficient (Wildman–Crippen LogP) is 1.44. The molecular formula is C10H21NOS. The maximum Gasteiger partial charge on any atom is 0.0471 e. The number of likely N-dealkylation sites (tertiary alicyclic amines) is 1. The third-order valence-electron chi connectivity index (χ3n) is 2.60. The summed E-state index contributed by atoms with van der Waals surface area (Å²) in [7, 11) is 0. The van der Waals surface area contributed by atoms with Gasteiger partial charge < -0.3 is 10.0 Å². The van der Waals surface area contributed by atoms with Crippen LogP contribution in [-0.4, -0.2) is 47.8 Å². The van der Waals surface area contributed by atoms with E-state index in [2.05, 4.69) is 11.8 Å². The lowest BCUT2D eigenvalue weighted by Gasteiger charge is -2.14. The van der Waals surface area contributed by atoms with Crippen molar-refractivity contribution in [1.82, 2.24) is 4.90 Å². The van der Waals surface area contributed by atoms with Gasteiger partial charge in [-0.15, -0.1) is 0 Å². The smallest absolute Gasteiger partial charge is 0.0471 e. The van der Waals surface area contributed by atoms with Crippen molar-refractivity contribution in [2.45, 2.75) is 19.8 Å². The Kier molecular flexibility index (Phi) is 5.83. The summed E-state index contributed by atoms with van der Waals surface area (Å²) in [5, 5.41) is 8.96. The van der Waals surface area contributed by atoms with Crippen molar-refractivity contribution in [3.8, 4) is 0 Å². The van der Waals surface area contributed by atoms with Crippen molar-refractivity contribution >= 4 is 11.8 Å². The van der Waals surface area contributed by atoms with E-state index in [1.807, 2.05) is 11.8 Å². The Balaban J connectivity index is 1.97. The van der Waals surface area contributed by atoms with Crippen LogP contribution in [0.2, 0.25) is 0 Å². The minimum atomic E-state index is 0.375. The Bertz CT molecular complexity index is 132. The van der Waals surface area contributed by atoms with Crippen LogP contribution < -0.4 is 0 Å². The predicted molar refractivity (Wildman–Crippen MR) is 59.2 cm³/mol. The highest BCUT2D eigenvalue weighted by Gasteiger charge is 2.20. The van der Waals surface area contributed by atoms with E-state index in [4.69, 9.17) is 5.11 Å². The van der Waals surface area contributed by atoms with Gasteiger partial charge in [-0.25, -0.2) is 0 Å². The van der Waals surface area contributed by atoms with E-state index in [0.29, 0.717) is 12.5 Å². The van der Waals surface area contributed by atoms with E-state index in [-0.39, 0.29) is 0 Å². The van der Waals surface area contributed by atoms with Crippen LogP contribution in [0.4, 0.5) is 0 Å². The number of aliphatic hydroxyl groups excluding tert-OH is 1. The topological polar surface area (TPSA) is 23.5 Å². The molecule has 13 heavy (non-hydrogen) atoms. The largest absolute Gasteiger partial charge is 0.396 e. The van der Waals surface area contributed by atoms with Gasteiger partial charge in [0.2, 0.25) is 0 Å². The van der Waals surface area contributed by atoms with Crippen LogP contribution in [0.3, 0.4) is 0 Å². The maximum absolute atomic E-state index is 8.96. The summed E-state index contributed by atoms with van der Waals surface area (Å²) in [6.07, 6.45) is 2.49. The first-order chi connectivity index (χ1) is 6.36. The zero-order valence-electron chi connectivity index (χ0n) is 8.54. The number of nitrogens with zero attached hydrogens (tertiary/aromatic N) is 1. The Labute approximate surface area is 85.7 Å². The molecule has 0 aromatic rings. The van der Waals surface area contributed by atoms with Crippen molar-refractivity contribution in [3.05, 3.63) is 0 Å². The lowest BCUT2D eigenvalue weighted by molar-refractivity contribution is 0.222. The molecule has 1 N–H and O–H groups in total. The lowest BCUT2D eigenvalue weighted by Crippen LogP contribution is -2.23. The van der Waals surface area contributed by atoms with Gasteiger partial charge in [-0.2, -0.15) is 11.8 Å². The number of hydrogen-bond donors (Lipinski definition) is 1. The molecule has 0 amide bonds. The molecule has 0 aliphatic carbocycles. The van der Waals surface area contributed by atoms with Crippen LogP contribution in [0.5, 0.6) is 0 Å². The molecule has 1 saturated heterocycles. The molecule has 0 saturated carbocycles. The van der Waals surface area contributed by atoms with Gasteiger partial charge in [0, 0.05) is 13.2 Å². The number of hydrogen-bond acceptors (Lipinski definition) is 3. The summed E-state index contributed by atoms with van der Waals surface area (Å²) in [4.78, 5) is 2.48. The molecule has 2 nitrogen and oxygen atoms in total. The van der Waals surface area contributed by atoms with Crippen LogP contribution in [-0.2, 0) is 0 Å². The van der Waals surface area contributed by atoms with Gasteiger partial charge in [0.1, 0.15) is 0 Å². The fourth-order valence-electron chi connectivity index (χ4n) is 1.80. The first-order valence-corrected chi connectivity index (χ1v) is 6.43. The Morgan fingerprint density at radius 2 is 2.38 bits per heavy atom. The number of thioether (sulfide) groups is 1.